The minimum atomic E-state index is -0.462. The summed E-state index contributed by atoms with van der Waals surface area (Å²) >= 11 is 6.09. The standard InChI is InChI=1S/C43H48N4OS/c1-43(2,3)40(41(48)46-29-15-26-38(46)34-23-14-21-30-16-10-11-22-33(30)34)45-42(49)44-35-24-12-13-25-39(35)47-36(31-17-6-4-7-18-31)27-28-37(47)32-19-8-5-9-20-32/h4-11,14,16-23,27-28,35,38-40H,12-13,15,24-26,29H2,1-3H3,(H2,44,45,49)/t35-,38-,39-,40-/m1/s1. The topological polar surface area (TPSA) is 49.3 Å². The summed E-state index contributed by atoms with van der Waals surface area (Å²) in [5, 5.41) is 10.3. The highest BCUT2D eigenvalue weighted by molar-refractivity contribution is 7.80. The molecule has 252 valence electrons. The maximum atomic E-state index is 14.6. The van der Waals surface area contributed by atoms with Crippen LogP contribution in [-0.4, -0.2) is 39.1 Å². The Balaban J connectivity index is 1.15. The van der Waals surface area contributed by atoms with E-state index in [0.29, 0.717) is 5.11 Å². The molecule has 0 radical (unpaired) electrons. The van der Waals surface area contributed by atoms with Crippen LogP contribution in [0.15, 0.2) is 115 Å². The molecule has 1 aromatic heterocycles. The molecule has 0 unspecified atom stereocenters. The van der Waals surface area contributed by atoms with Crippen LogP contribution in [0.1, 0.15) is 76.9 Å². The summed E-state index contributed by atoms with van der Waals surface area (Å²) < 4.78 is 2.54. The van der Waals surface area contributed by atoms with Gasteiger partial charge >= 0.3 is 0 Å². The number of fused-ring (bicyclic) bond motifs is 1. The van der Waals surface area contributed by atoms with E-state index in [-0.39, 0.29) is 29.4 Å². The lowest BCUT2D eigenvalue weighted by molar-refractivity contribution is -0.136. The van der Waals surface area contributed by atoms with Crippen molar-refractivity contribution in [2.45, 2.75) is 83.5 Å². The molecule has 2 heterocycles. The first-order valence-electron chi connectivity index (χ1n) is 18.0. The first-order chi connectivity index (χ1) is 23.8. The molecule has 2 N–H and O–H groups in total. The van der Waals surface area contributed by atoms with Gasteiger partial charge in [-0.25, -0.2) is 0 Å². The van der Waals surface area contributed by atoms with Gasteiger partial charge in [-0.2, -0.15) is 0 Å². The summed E-state index contributed by atoms with van der Waals surface area (Å²) in [5.74, 6) is 0.121. The number of carbonyl (C=O) groups is 1. The number of carbonyl (C=O) groups excluding carboxylic acids is 1. The van der Waals surface area contributed by atoms with Gasteiger partial charge in [0.1, 0.15) is 6.04 Å². The van der Waals surface area contributed by atoms with E-state index in [9.17, 15) is 4.79 Å². The number of thiocarbonyl (C=S) groups is 1. The van der Waals surface area contributed by atoms with Gasteiger partial charge < -0.3 is 20.1 Å². The molecule has 0 bridgehead atoms. The summed E-state index contributed by atoms with van der Waals surface area (Å²) in [6.45, 7) is 7.16. The van der Waals surface area contributed by atoms with E-state index < -0.39 is 6.04 Å². The molecule has 7 rings (SSSR count). The van der Waals surface area contributed by atoms with Crippen molar-refractivity contribution in [1.82, 2.24) is 20.1 Å². The van der Waals surface area contributed by atoms with Crippen LogP contribution >= 0.6 is 12.2 Å². The van der Waals surface area contributed by atoms with Gasteiger partial charge in [0, 0.05) is 24.0 Å². The summed E-state index contributed by atoms with van der Waals surface area (Å²) in [4.78, 5) is 16.7. The van der Waals surface area contributed by atoms with Crippen molar-refractivity contribution in [1.29, 1.82) is 0 Å². The Morgan fingerprint density at radius 3 is 2.02 bits per heavy atom. The quantitative estimate of drug-likeness (QED) is 0.170. The zero-order chi connectivity index (χ0) is 34.0. The highest BCUT2D eigenvalue weighted by Crippen LogP contribution is 2.40. The maximum absolute atomic E-state index is 14.6. The van der Waals surface area contributed by atoms with E-state index >= 15 is 0 Å². The molecule has 1 amide bonds. The zero-order valence-electron chi connectivity index (χ0n) is 28.9. The first kappa shape index (κ1) is 33.1. The van der Waals surface area contributed by atoms with Crippen molar-refractivity contribution in [3.8, 4) is 22.5 Å². The molecule has 49 heavy (non-hydrogen) atoms. The average molecular weight is 669 g/mol. The van der Waals surface area contributed by atoms with Gasteiger partial charge in [0.05, 0.1) is 12.1 Å². The largest absolute Gasteiger partial charge is 0.358 e. The van der Waals surface area contributed by atoms with E-state index in [2.05, 4.69) is 156 Å². The number of nitrogens with zero attached hydrogens (tertiary/aromatic N) is 2. The third-order valence-corrected chi connectivity index (χ3v) is 10.8. The van der Waals surface area contributed by atoms with Crippen LogP contribution in [0.4, 0.5) is 0 Å². The number of aromatic nitrogens is 1. The van der Waals surface area contributed by atoms with Crippen molar-refractivity contribution in [2.24, 2.45) is 5.41 Å². The smallest absolute Gasteiger partial charge is 0.246 e. The van der Waals surface area contributed by atoms with Crippen LogP contribution in [-0.2, 0) is 4.79 Å². The molecule has 5 aromatic rings. The fourth-order valence-corrected chi connectivity index (χ4v) is 8.40. The van der Waals surface area contributed by atoms with E-state index in [0.717, 1.165) is 45.1 Å². The predicted octanol–water partition coefficient (Wildman–Crippen LogP) is 9.70. The SMILES string of the molecule is CC(C)(C)[C@H](NC(=S)N[C@@H]1CCCC[C@H]1n1c(-c2ccccc2)ccc1-c1ccccc1)C(=O)N1CCC[C@@H]1c1cccc2ccccc12. The second-order valence-corrected chi connectivity index (χ2v) is 15.2. The molecular weight excluding hydrogens is 621 g/mol. The van der Waals surface area contributed by atoms with Crippen molar-refractivity contribution < 1.29 is 4.79 Å². The van der Waals surface area contributed by atoms with E-state index in [1.807, 2.05) is 0 Å². The van der Waals surface area contributed by atoms with E-state index in [4.69, 9.17) is 12.2 Å². The number of nitrogens with one attached hydrogen (secondary N) is 2. The maximum Gasteiger partial charge on any atom is 0.246 e. The third kappa shape index (κ3) is 6.89. The molecule has 4 atom stereocenters. The fourth-order valence-electron chi connectivity index (χ4n) is 8.13. The lowest BCUT2D eigenvalue weighted by Gasteiger charge is -2.39. The number of hydrogen-bond acceptors (Lipinski definition) is 2. The van der Waals surface area contributed by atoms with Crippen LogP contribution in [0, 0.1) is 5.41 Å². The molecule has 1 aliphatic heterocycles. The van der Waals surface area contributed by atoms with Gasteiger partial charge in [-0.3, -0.25) is 4.79 Å². The lowest BCUT2D eigenvalue weighted by atomic mass is 9.85. The van der Waals surface area contributed by atoms with E-state index in [1.165, 1.54) is 38.9 Å². The van der Waals surface area contributed by atoms with Gasteiger partial charge in [0.25, 0.3) is 0 Å². The molecule has 4 aromatic carbocycles. The van der Waals surface area contributed by atoms with Gasteiger partial charge in [0.2, 0.25) is 5.91 Å². The minimum Gasteiger partial charge on any atom is -0.358 e. The predicted molar refractivity (Wildman–Crippen MR) is 206 cm³/mol. The molecular formula is C43H48N4OS. The van der Waals surface area contributed by atoms with Crippen LogP contribution < -0.4 is 10.6 Å². The van der Waals surface area contributed by atoms with Crippen molar-refractivity contribution in [3.05, 3.63) is 121 Å². The molecule has 2 fully saturated rings. The lowest BCUT2D eigenvalue weighted by Crippen LogP contribution is -2.58. The first-order valence-corrected chi connectivity index (χ1v) is 18.4. The van der Waals surface area contributed by atoms with Gasteiger partial charge in [-0.15, -0.1) is 0 Å². The van der Waals surface area contributed by atoms with Crippen molar-refractivity contribution in [3.63, 3.8) is 0 Å². The number of benzene rings is 4. The Morgan fingerprint density at radius 2 is 1.35 bits per heavy atom. The Labute approximate surface area is 296 Å². The number of hydrogen-bond donors (Lipinski definition) is 2. The number of amides is 1. The monoisotopic (exact) mass is 668 g/mol. The van der Waals surface area contributed by atoms with Crippen molar-refractivity contribution >= 4 is 34.0 Å². The molecule has 0 spiro atoms. The van der Waals surface area contributed by atoms with Gasteiger partial charge in [-0.1, -0.05) is 137 Å². The minimum absolute atomic E-state index is 0.0519. The Kier molecular flexibility index (Phi) is 9.59. The molecule has 5 nitrogen and oxygen atoms in total. The van der Waals surface area contributed by atoms with Gasteiger partial charge in [-0.05, 0) is 82.9 Å². The van der Waals surface area contributed by atoms with Crippen LogP contribution in [0.25, 0.3) is 33.3 Å². The molecule has 2 aliphatic rings. The summed E-state index contributed by atoms with van der Waals surface area (Å²) in [6, 6.07) is 40.8. The number of likely N-dealkylation sites (tertiary alicyclic amines) is 1. The number of rotatable bonds is 7. The second-order valence-electron chi connectivity index (χ2n) is 14.8. The zero-order valence-corrected chi connectivity index (χ0v) is 29.8. The van der Waals surface area contributed by atoms with Crippen molar-refractivity contribution in [2.75, 3.05) is 6.54 Å². The summed E-state index contributed by atoms with van der Waals surface area (Å²) in [5.41, 5.74) is 5.74. The Bertz CT molecular complexity index is 1850. The highest BCUT2D eigenvalue weighted by Gasteiger charge is 2.40. The van der Waals surface area contributed by atoms with E-state index in [1.54, 1.807) is 0 Å². The molecule has 6 heteroatoms. The Hall–Kier alpha value is -4.42. The second kappa shape index (κ2) is 14.2. The summed E-state index contributed by atoms with van der Waals surface area (Å²) in [7, 11) is 0. The highest BCUT2D eigenvalue weighted by atomic mass is 32.1. The average Bonchev–Trinajstić information content (AvgIpc) is 3.79. The normalized spacial score (nSPS) is 20.2. The third-order valence-electron chi connectivity index (χ3n) is 10.5. The van der Waals surface area contributed by atoms with Gasteiger partial charge in [0.15, 0.2) is 5.11 Å². The van der Waals surface area contributed by atoms with Crippen LogP contribution in [0.5, 0.6) is 0 Å². The molecule has 1 aliphatic carbocycles. The van der Waals surface area contributed by atoms with Crippen LogP contribution in [0.2, 0.25) is 0 Å². The molecule has 1 saturated carbocycles. The van der Waals surface area contributed by atoms with Crippen LogP contribution in [0.3, 0.4) is 0 Å². The summed E-state index contributed by atoms with van der Waals surface area (Å²) in [6.07, 6.45) is 6.33. The Morgan fingerprint density at radius 1 is 0.735 bits per heavy atom. The fraction of sp³-hybridized carbons (Fsp3) is 0.349. The molecule has 1 saturated heterocycles.